The van der Waals surface area contributed by atoms with Crippen LogP contribution in [0.5, 0.6) is 5.75 Å². The van der Waals surface area contributed by atoms with Crippen molar-refractivity contribution in [2.75, 3.05) is 13.7 Å². The van der Waals surface area contributed by atoms with Crippen LogP contribution in [0.25, 0.3) is 22.0 Å². The molecule has 1 aromatic heterocycles. The minimum Gasteiger partial charge on any atom is -0.496 e. The maximum Gasteiger partial charge on any atom is 0.271 e. The molecule has 0 saturated heterocycles. The van der Waals surface area contributed by atoms with Gasteiger partial charge in [0.25, 0.3) is 15.8 Å². The van der Waals surface area contributed by atoms with Crippen LogP contribution < -0.4 is 20.6 Å². The van der Waals surface area contributed by atoms with E-state index in [9.17, 15) is 18.3 Å². The summed E-state index contributed by atoms with van der Waals surface area (Å²) in [6.07, 6.45) is 2.71. The highest BCUT2D eigenvalue weighted by Gasteiger charge is 2.24. The molecule has 0 aliphatic heterocycles. The number of ether oxygens (including phenoxy) is 1. The lowest BCUT2D eigenvalue weighted by Gasteiger charge is -2.19. The van der Waals surface area contributed by atoms with Crippen molar-refractivity contribution in [3.8, 4) is 16.9 Å². The first-order valence-corrected chi connectivity index (χ1v) is 11.1. The number of nitrogens with zero attached hydrogens (tertiary/aromatic N) is 1. The number of fused-ring (bicyclic) bond motifs is 3. The number of benzene rings is 2. The molecule has 0 spiro atoms. The van der Waals surface area contributed by atoms with Crippen LogP contribution in [-0.4, -0.2) is 31.8 Å². The van der Waals surface area contributed by atoms with Gasteiger partial charge < -0.3 is 14.4 Å². The minimum atomic E-state index is -3.67. The predicted molar refractivity (Wildman–Crippen MR) is 117 cm³/mol. The number of hydrogen-bond acceptors (Lipinski definition) is 5. The molecule has 0 bridgehead atoms. The van der Waals surface area contributed by atoms with E-state index in [-0.39, 0.29) is 12.2 Å². The molecule has 0 fully saturated rings. The molecule has 30 heavy (non-hydrogen) atoms. The summed E-state index contributed by atoms with van der Waals surface area (Å²) < 4.78 is 25.7. The predicted octanol–water partition coefficient (Wildman–Crippen LogP) is 1.31. The Morgan fingerprint density at radius 3 is 2.30 bits per heavy atom. The maximum absolute atomic E-state index is 12.9. The molecule has 8 nitrogen and oxygen atoms in total. The number of aryl methyl sites for hydroxylation is 1. The molecule has 2 aromatic carbocycles. The first-order valence-electron chi connectivity index (χ1n) is 9.48. The van der Waals surface area contributed by atoms with Crippen molar-refractivity contribution < 1.29 is 18.3 Å². The quantitative estimate of drug-likeness (QED) is 0.572. The summed E-state index contributed by atoms with van der Waals surface area (Å²) in [5.74, 6) is 0.807. The largest absolute Gasteiger partial charge is 0.496 e. The Balaban J connectivity index is 0.000000461. The first-order chi connectivity index (χ1) is 14.3. The number of rotatable bonds is 4. The van der Waals surface area contributed by atoms with Crippen LogP contribution in [0.3, 0.4) is 0 Å². The monoisotopic (exact) mass is 431 g/mol. The highest BCUT2D eigenvalue weighted by Crippen LogP contribution is 2.40. The summed E-state index contributed by atoms with van der Waals surface area (Å²) in [7, 11) is -1.99. The first kappa shape index (κ1) is 22.0. The van der Waals surface area contributed by atoms with Gasteiger partial charge in [-0.1, -0.05) is 30.3 Å². The van der Waals surface area contributed by atoms with E-state index in [1.807, 2.05) is 30.3 Å². The molecule has 4 rings (SSSR count). The number of methoxy groups -OCH3 is 1. The van der Waals surface area contributed by atoms with Gasteiger partial charge in [-0.15, -0.1) is 0 Å². The van der Waals surface area contributed by atoms with E-state index in [4.69, 9.17) is 4.74 Å². The van der Waals surface area contributed by atoms with Crippen LogP contribution in [-0.2, 0) is 29.6 Å². The van der Waals surface area contributed by atoms with Gasteiger partial charge >= 0.3 is 0 Å². The van der Waals surface area contributed by atoms with Gasteiger partial charge in [0.1, 0.15) is 5.75 Å². The van der Waals surface area contributed by atoms with Crippen molar-refractivity contribution in [3.63, 3.8) is 0 Å². The number of nitrogens with two attached hydrogens (primary N) is 2. The Hall–Kier alpha value is -2.72. The summed E-state index contributed by atoms with van der Waals surface area (Å²) >= 11 is 0. The Labute approximate surface area is 174 Å². The average molecular weight is 432 g/mol. The van der Waals surface area contributed by atoms with Crippen LogP contribution in [0.15, 0.2) is 47.3 Å². The third-order valence-corrected chi connectivity index (χ3v) is 5.06. The van der Waals surface area contributed by atoms with Gasteiger partial charge in [-0.3, -0.25) is 4.79 Å². The smallest absolute Gasteiger partial charge is 0.271 e. The average Bonchev–Trinajstić information content (AvgIpc) is 3.19. The molecule has 0 unspecified atom stereocenters. The lowest BCUT2D eigenvalue weighted by molar-refractivity contribution is 0.276. The van der Waals surface area contributed by atoms with Gasteiger partial charge in [-0.25, -0.2) is 10.3 Å². The maximum atomic E-state index is 12.9. The highest BCUT2D eigenvalue weighted by molar-refractivity contribution is 7.86. The van der Waals surface area contributed by atoms with Crippen molar-refractivity contribution in [2.24, 2.45) is 10.3 Å². The molecular weight excluding hydrogens is 406 g/mol. The van der Waals surface area contributed by atoms with Crippen LogP contribution in [0, 0.1) is 0 Å². The molecule has 1 aliphatic rings. The van der Waals surface area contributed by atoms with Crippen molar-refractivity contribution in [1.29, 1.82) is 0 Å². The van der Waals surface area contributed by atoms with Crippen LogP contribution in [0.4, 0.5) is 0 Å². The minimum absolute atomic E-state index is 0.0400. The second-order valence-electron chi connectivity index (χ2n) is 6.98. The second-order valence-corrected chi connectivity index (χ2v) is 8.16. The number of pyridine rings is 1. The molecule has 0 saturated carbocycles. The summed E-state index contributed by atoms with van der Waals surface area (Å²) in [6.45, 7) is 0.254. The van der Waals surface area contributed by atoms with Crippen molar-refractivity contribution in [1.82, 2.24) is 4.57 Å². The van der Waals surface area contributed by atoms with Gasteiger partial charge in [0.05, 0.1) is 19.2 Å². The molecule has 0 atom stereocenters. The molecule has 5 N–H and O–H groups in total. The van der Waals surface area contributed by atoms with Crippen LogP contribution in [0.2, 0.25) is 0 Å². The zero-order valence-electron chi connectivity index (χ0n) is 16.7. The summed E-state index contributed by atoms with van der Waals surface area (Å²) in [4.78, 5) is 12.9. The second kappa shape index (κ2) is 8.97. The molecule has 9 heteroatoms. The molecule has 0 radical (unpaired) electrons. The van der Waals surface area contributed by atoms with E-state index in [0.717, 1.165) is 58.2 Å². The van der Waals surface area contributed by atoms with Gasteiger partial charge in [0.15, 0.2) is 0 Å². The molecule has 1 heterocycles. The van der Waals surface area contributed by atoms with E-state index < -0.39 is 10.2 Å². The van der Waals surface area contributed by atoms with Crippen molar-refractivity contribution in [2.45, 2.75) is 25.8 Å². The molecule has 1 aliphatic carbocycles. The number of aromatic nitrogens is 1. The topological polar surface area (TPSA) is 138 Å². The van der Waals surface area contributed by atoms with Crippen molar-refractivity contribution in [3.05, 3.63) is 63.9 Å². The standard InChI is InChI=1S/C21H21NO3.H4N2O2S/c1-25-18-11-10-17-20(19(18)14-6-3-2-4-7-14)15-8-5-9-16(15)21(24)22(17)12-13-23;1-5(2,3)4/h2-4,6-7,10-11,23H,5,8-9,12-13H2,1H3;(H4,1,2,3,4). The Kier molecular flexibility index (Phi) is 6.57. The molecule has 160 valence electrons. The fourth-order valence-corrected chi connectivity index (χ4v) is 4.01. The molecule has 0 amide bonds. The molecule has 3 aromatic rings. The van der Waals surface area contributed by atoms with E-state index in [1.165, 1.54) is 0 Å². The van der Waals surface area contributed by atoms with Gasteiger partial charge in [-0.05, 0) is 42.5 Å². The third-order valence-electron chi connectivity index (χ3n) is 5.06. The Morgan fingerprint density at radius 2 is 1.70 bits per heavy atom. The zero-order valence-corrected chi connectivity index (χ0v) is 17.5. The fourth-order valence-electron chi connectivity index (χ4n) is 4.01. The number of aliphatic hydroxyl groups excluding tert-OH is 1. The van der Waals surface area contributed by atoms with E-state index in [0.29, 0.717) is 6.54 Å². The number of aliphatic hydroxyl groups is 1. The van der Waals surface area contributed by atoms with Crippen LogP contribution in [0.1, 0.15) is 17.5 Å². The highest BCUT2D eigenvalue weighted by atomic mass is 32.2. The van der Waals surface area contributed by atoms with Crippen molar-refractivity contribution >= 4 is 21.1 Å². The van der Waals surface area contributed by atoms with Gasteiger partial charge in [0, 0.05) is 23.1 Å². The van der Waals surface area contributed by atoms with E-state index in [1.54, 1.807) is 11.7 Å². The lowest BCUT2D eigenvalue weighted by atomic mass is 9.94. The van der Waals surface area contributed by atoms with E-state index in [2.05, 4.69) is 22.4 Å². The van der Waals surface area contributed by atoms with Gasteiger partial charge in [-0.2, -0.15) is 8.42 Å². The Morgan fingerprint density at radius 1 is 1.07 bits per heavy atom. The van der Waals surface area contributed by atoms with E-state index >= 15 is 0 Å². The number of hydrogen-bond donors (Lipinski definition) is 3. The summed E-state index contributed by atoms with van der Waals surface area (Å²) in [6, 6.07) is 14.0. The normalized spacial score (nSPS) is 12.9. The summed E-state index contributed by atoms with van der Waals surface area (Å²) in [5.41, 5.74) is 5.06. The molecular formula is C21H25N3O5S. The Bertz CT molecular complexity index is 1210. The third kappa shape index (κ3) is 4.54. The lowest BCUT2D eigenvalue weighted by Crippen LogP contribution is -2.26. The van der Waals surface area contributed by atoms with Crippen LogP contribution >= 0.6 is 0 Å². The zero-order chi connectivity index (χ0) is 21.9. The summed E-state index contributed by atoms with van der Waals surface area (Å²) in [5, 5.41) is 18.8. The fraction of sp³-hybridized carbons (Fsp3) is 0.286. The SMILES string of the molecule is COc1ccc2c(c3c(c(=O)n2CCO)CCC3)c1-c1ccccc1.NS(N)(=O)=O. The van der Waals surface area contributed by atoms with Gasteiger partial charge in [0.2, 0.25) is 0 Å².